The van der Waals surface area contributed by atoms with Gasteiger partial charge in [0.1, 0.15) is 11.1 Å². The second kappa shape index (κ2) is 9.19. The van der Waals surface area contributed by atoms with Gasteiger partial charge in [-0.15, -0.1) is 0 Å². The zero-order chi connectivity index (χ0) is 20.8. The largest absolute Gasteiger partial charge is 0.465 e. The summed E-state index contributed by atoms with van der Waals surface area (Å²) in [5.74, 6) is -1.75. The Labute approximate surface area is 165 Å². The Balaban J connectivity index is 2.45. The standard InChI is InChI=1S/C16H12N2O8S2/c1-25-15(19)9-5-3-7-11(13(9)17(21)22)27-28-12-8-4-6-10(16(20)26-2)14(12)18(23)24/h3-8H,1-2H3. The fourth-order valence-electron chi connectivity index (χ4n) is 2.19. The zero-order valence-electron chi connectivity index (χ0n) is 14.4. The normalized spacial score (nSPS) is 10.2. The Kier molecular flexibility index (Phi) is 6.95. The van der Waals surface area contributed by atoms with E-state index in [1.807, 2.05) is 0 Å². The fourth-order valence-corrected chi connectivity index (χ4v) is 4.52. The average molecular weight is 424 g/mol. The number of methoxy groups -OCH3 is 2. The maximum atomic E-state index is 11.8. The summed E-state index contributed by atoms with van der Waals surface area (Å²) in [5, 5.41) is 22.9. The highest BCUT2D eigenvalue weighted by Crippen LogP contribution is 2.46. The topological polar surface area (TPSA) is 139 Å². The van der Waals surface area contributed by atoms with Gasteiger partial charge in [-0.3, -0.25) is 20.2 Å². The molecule has 2 rings (SSSR count). The second-order valence-corrected chi connectivity index (χ2v) is 7.18. The van der Waals surface area contributed by atoms with Gasteiger partial charge in [-0.2, -0.15) is 0 Å². The predicted molar refractivity (Wildman–Crippen MR) is 101 cm³/mol. The van der Waals surface area contributed by atoms with Crippen molar-refractivity contribution in [3.05, 3.63) is 67.8 Å². The molecule has 0 aromatic heterocycles. The van der Waals surface area contributed by atoms with Crippen molar-refractivity contribution in [3.8, 4) is 0 Å². The highest BCUT2D eigenvalue weighted by molar-refractivity contribution is 8.76. The number of rotatable bonds is 7. The molecule has 0 fully saturated rings. The molecule has 0 saturated carbocycles. The number of nitro groups is 2. The van der Waals surface area contributed by atoms with Crippen LogP contribution in [-0.2, 0) is 9.47 Å². The summed E-state index contributed by atoms with van der Waals surface area (Å²) in [5.41, 5.74) is -1.43. The maximum absolute atomic E-state index is 11.8. The number of carbonyl (C=O) groups excluding carboxylic acids is 2. The number of carbonyl (C=O) groups is 2. The molecule has 0 aliphatic rings. The third kappa shape index (κ3) is 4.40. The molecule has 0 saturated heterocycles. The van der Waals surface area contributed by atoms with Crippen LogP contribution in [-0.4, -0.2) is 36.0 Å². The molecular formula is C16H12N2O8S2. The van der Waals surface area contributed by atoms with Crippen LogP contribution < -0.4 is 0 Å². The Bertz CT molecular complexity index is 886. The molecule has 12 heteroatoms. The maximum Gasteiger partial charge on any atom is 0.344 e. The van der Waals surface area contributed by atoms with E-state index in [0.29, 0.717) is 0 Å². The molecule has 10 nitrogen and oxygen atoms in total. The lowest BCUT2D eigenvalue weighted by molar-refractivity contribution is -0.388. The minimum Gasteiger partial charge on any atom is -0.465 e. The Morgan fingerprint density at radius 1 is 0.786 bits per heavy atom. The van der Waals surface area contributed by atoms with Gasteiger partial charge in [-0.1, -0.05) is 12.1 Å². The van der Waals surface area contributed by atoms with Crippen LogP contribution in [0.2, 0.25) is 0 Å². The first-order chi connectivity index (χ1) is 13.3. The van der Waals surface area contributed by atoms with Crippen LogP contribution in [0.25, 0.3) is 0 Å². The smallest absolute Gasteiger partial charge is 0.344 e. The number of esters is 2. The monoisotopic (exact) mass is 424 g/mol. The van der Waals surface area contributed by atoms with E-state index in [9.17, 15) is 29.8 Å². The first-order valence-electron chi connectivity index (χ1n) is 7.37. The number of nitrogens with zero attached hydrogens (tertiary/aromatic N) is 2. The van der Waals surface area contributed by atoms with Gasteiger partial charge in [0.05, 0.1) is 33.9 Å². The third-order valence-corrected chi connectivity index (χ3v) is 5.82. The Hall–Kier alpha value is -3.12. The van der Waals surface area contributed by atoms with E-state index in [-0.39, 0.29) is 20.9 Å². The van der Waals surface area contributed by atoms with Crippen molar-refractivity contribution in [2.75, 3.05) is 14.2 Å². The van der Waals surface area contributed by atoms with E-state index in [0.717, 1.165) is 35.8 Å². The lowest BCUT2D eigenvalue weighted by Crippen LogP contribution is -2.06. The summed E-state index contributed by atoms with van der Waals surface area (Å²) in [7, 11) is 3.88. The molecular weight excluding hydrogens is 412 g/mol. The molecule has 0 radical (unpaired) electrons. The van der Waals surface area contributed by atoms with Crippen molar-refractivity contribution < 1.29 is 28.9 Å². The molecule has 28 heavy (non-hydrogen) atoms. The molecule has 0 spiro atoms. The molecule has 146 valence electrons. The van der Waals surface area contributed by atoms with Crippen LogP contribution in [0.3, 0.4) is 0 Å². The third-order valence-electron chi connectivity index (χ3n) is 3.40. The highest BCUT2D eigenvalue weighted by atomic mass is 33.1. The first-order valence-corrected chi connectivity index (χ1v) is 9.52. The van der Waals surface area contributed by atoms with Gasteiger partial charge in [-0.05, 0) is 45.9 Å². The molecule has 0 bridgehead atoms. The van der Waals surface area contributed by atoms with Gasteiger partial charge in [0.25, 0.3) is 11.4 Å². The van der Waals surface area contributed by atoms with E-state index >= 15 is 0 Å². The fraction of sp³-hybridized carbons (Fsp3) is 0.125. The lowest BCUT2D eigenvalue weighted by atomic mass is 10.2. The van der Waals surface area contributed by atoms with Crippen molar-refractivity contribution in [2.45, 2.75) is 9.79 Å². The molecule has 2 aromatic carbocycles. The molecule has 0 unspecified atom stereocenters. The minimum atomic E-state index is -0.877. The molecule has 0 amide bonds. The van der Waals surface area contributed by atoms with Crippen molar-refractivity contribution in [2.24, 2.45) is 0 Å². The first kappa shape index (κ1) is 21.2. The van der Waals surface area contributed by atoms with E-state index in [2.05, 4.69) is 9.47 Å². The van der Waals surface area contributed by atoms with Gasteiger partial charge in [0, 0.05) is 0 Å². The molecule has 0 aliphatic heterocycles. The van der Waals surface area contributed by atoms with E-state index in [1.54, 1.807) is 0 Å². The summed E-state index contributed by atoms with van der Waals surface area (Å²) in [6.07, 6.45) is 0. The quantitative estimate of drug-likeness (QED) is 0.278. The SMILES string of the molecule is COC(=O)c1cccc(SSc2cccc(C(=O)OC)c2[N+](=O)[O-])c1[N+](=O)[O-]. The van der Waals surface area contributed by atoms with Crippen LogP contribution in [0.15, 0.2) is 46.2 Å². The number of nitro benzene ring substituents is 2. The number of hydrogen-bond donors (Lipinski definition) is 0. The molecule has 0 aliphatic carbocycles. The molecule has 2 aromatic rings. The Morgan fingerprint density at radius 2 is 1.14 bits per heavy atom. The highest BCUT2D eigenvalue weighted by Gasteiger charge is 2.28. The summed E-state index contributed by atoms with van der Waals surface area (Å²) in [6, 6.07) is 8.16. The Morgan fingerprint density at radius 3 is 1.43 bits per heavy atom. The number of benzene rings is 2. The predicted octanol–water partition coefficient (Wildman–Crippen LogP) is 3.88. The summed E-state index contributed by atoms with van der Waals surface area (Å²) < 4.78 is 9.10. The molecule has 0 heterocycles. The van der Waals surface area contributed by atoms with Gasteiger partial charge in [0.2, 0.25) is 0 Å². The molecule has 0 N–H and O–H groups in total. The van der Waals surface area contributed by atoms with Gasteiger partial charge in [0.15, 0.2) is 0 Å². The van der Waals surface area contributed by atoms with E-state index < -0.39 is 33.2 Å². The summed E-state index contributed by atoms with van der Waals surface area (Å²) in [6.45, 7) is 0. The number of para-hydroxylation sites is 2. The van der Waals surface area contributed by atoms with Gasteiger partial charge in [-0.25, -0.2) is 9.59 Å². The minimum absolute atomic E-state index is 0.0932. The summed E-state index contributed by atoms with van der Waals surface area (Å²) >= 11 is 0. The van der Waals surface area contributed by atoms with Gasteiger partial charge < -0.3 is 9.47 Å². The van der Waals surface area contributed by atoms with Crippen molar-refractivity contribution in [1.82, 2.24) is 0 Å². The van der Waals surface area contributed by atoms with Crippen molar-refractivity contribution in [3.63, 3.8) is 0 Å². The zero-order valence-corrected chi connectivity index (χ0v) is 16.1. The number of hydrogen-bond acceptors (Lipinski definition) is 10. The van der Waals surface area contributed by atoms with Gasteiger partial charge >= 0.3 is 11.9 Å². The van der Waals surface area contributed by atoms with Crippen LogP contribution in [0.5, 0.6) is 0 Å². The van der Waals surface area contributed by atoms with Crippen LogP contribution in [0.4, 0.5) is 11.4 Å². The average Bonchev–Trinajstić information content (AvgIpc) is 2.69. The van der Waals surface area contributed by atoms with Crippen molar-refractivity contribution in [1.29, 1.82) is 0 Å². The van der Waals surface area contributed by atoms with Crippen molar-refractivity contribution >= 4 is 44.9 Å². The summed E-state index contributed by atoms with van der Waals surface area (Å²) in [4.78, 5) is 45.2. The lowest BCUT2D eigenvalue weighted by Gasteiger charge is -2.08. The second-order valence-electron chi connectivity index (χ2n) is 4.97. The van der Waals surface area contributed by atoms with Crippen LogP contribution >= 0.6 is 21.6 Å². The van der Waals surface area contributed by atoms with Crippen LogP contribution in [0, 0.1) is 20.2 Å². The van der Waals surface area contributed by atoms with E-state index in [1.165, 1.54) is 36.4 Å². The van der Waals surface area contributed by atoms with E-state index in [4.69, 9.17) is 0 Å². The molecule has 0 atom stereocenters. The number of ether oxygens (including phenoxy) is 2. The van der Waals surface area contributed by atoms with Crippen LogP contribution in [0.1, 0.15) is 20.7 Å².